The van der Waals surface area contributed by atoms with Crippen LogP contribution in [-0.4, -0.2) is 29.3 Å². The number of aliphatic carboxylic acids is 1. The molecule has 0 aliphatic carbocycles. The molecule has 0 spiro atoms. The van der Waals surface area contributed by atoms with Crippen LogP contribution in [0.1, 0.15) is 18.9 Å². The molecule has 5 nitrogen and oxygen atoms in total. The molecule has 0 saturated carbocycles. The van der Waals surface area contributed by atoms with Crippen molar-refractivity contribution in [3.63, 3.8) is 0 Å². The summed E-state index contributed by atoms with van der Waals surface area (Å²) in [6.45, 7) is 3.12. The van der Waals surface area contributed by atoms with Crippen LogP contribution in [0.3, 0.4) is 0 Å². The van der Waals surface area contributed by atoms with Gasteiger partial charge in [0.1, 0.15) is 0 Å². The van der Waals surface area contributed by atoms with E-state index in [1.807, 2.05) is 6.92 Å². The summed E-state index contributed by atoms with van der Waals surface area (Å²) in [4.78, 5) is 10.3. The molecule has 1 rings (SSSR count). The SMILES string of the molecule is CCOc1cccc(CNCCC(=O)O)c1O. The predicted octanol–water partition coefficient (Wildman–Crippen LogP) is 1.36. The fourth-order valence-corrected chi connectivity index (χ4v) is 1.40. The van der Waals surface area contributed by atoms with Crippen LogP contribution in [-0.2, 0) is 11.3 Å². The largest absolute Gasteiger partial charge is 0.504 e. The standard InChI is InChI=1S/C12H17NO4/c1-2-17-10-5-3-4-9(12(10)16)8-13-7-6-11(14)15/h3-5,13,16H,2,6-8H2,1H3,(H,14,15). The molecule has 0 atom stereocenters. The summed E-state index contributed by atoms with van der Waals surface area (Å²) in [6, 6.07) is 5.25. The number of rotatable bonds is 7. The number of phenols is 1. The van der Waals surface area contributed by atoms with E-state index in [1.54, 1.807) is 18.2 Å². The number of nitrogens with one attached hydrogen (secondary N) is 1. The van der Waals surface area contributed by atoms with E-state index in [2.05, 4.69) is 5.32 Å². The van der Waals surface area contributed by atoms with Gasteiger partial charge < -0.3 is 20.3 Å². The third kappa shape index (κ3) is 4.32. The maximum absolute atomic E-state index is 10.3. The number of carbonyl (C=O) groups is 1. The molecule has 0 aliphatic rings. The van der Waals surface area contributed by atoms with Gasteiger partial charge in [-0.25, -0.2) is 0 Å². The van der Waals surface area contributed by atoms with Crippen LogP contribution in [0.2, 0.25) is 0 Å². The Morgan fingerprint density at radius 1 is 1.47 bits per heavy atom. The zero-order valence-electron chi connectivity index (χ0n) is 9.77. The van der Waals surface area contributed by atoms with Crippen molar-refractivity contribution in [3.05, 3.63) is 23.8 Å². The summed E-state index contributed by atoms with van der Waals surface area (Å²) in [5.41, 5.74) is 0.696. The molecule has 0 bridgehead atoms. The molecule has 0 radical (unpaired) electrons. The number of aromatic hydroxyl groups is 1. The lowest BCUT2D eigenvalue weighted by Crippen LogP contribution is -2.17. The van der Waals surface area contributed by atoms with Gasteiger partial charge in [0.15, 0.2) is 11.5 Å². The minimum atomic E-state index is -0.843. The second kappa shape index (κ2) is 6.75. The van der Waals surface area contributed by atoms with Gasteiger partial charge in [-0.1, -0.05) is 12.1 Å². The van der Waals surface area contributed by atoms with Gasteiger partial charge in [-0.2, -0.15) is 0 Å². The first-order valence-corrected chi connectivity index (χ1v) is 5.51. The highest BCUT2D eigenvalue weighted by molar-refractivity contribution is 5.66. The minimum Gasteiger partial charge on any atom is -0.504 e. The zero-order valence-corrected chi connectivity index (χ0v) is 9.77. The summed E-state index contributed by atoms with van der Waals surface area (Å²) >= 11 is 0. The van der Waals surface area contributed by atoms with Crippen molar-refractivity contribution in [2.45, 2.75) is 19.9 Å². The maximum Gasteiger partial charge on any atom is 0.304 e. The second-order valence-corrected chi connectivity index (χ2v) is 3.52. The van der Waals surface area contributed by atoms with E-state index in [4.69, 9.17) is 9.84 Å². The molecule has 3 N–H and O–H groups in total. The minimum absolute atomic E-state index is 0.0614. The van der Waals surface area contributed by atoms with Gasteiger partial charge in [-0.15, -0.1) is 0 Å². The number of phenolic OH excluding ortho intramolecular Hbond substituents is 1. The molecule has 0 fully saturated rings. The van der Waals surface area contributed by atoms with Gasteiger partial charge in [-0.3, -0.25) is 4.79 Å². The Kier molecular flexibility index (Phi) is 5.29. The van der Waals surface area contributed by atoms with Crippen molar-refractivity contribution < 1.29 is 19.7 Å². The van der Waals surface area contributed by atoms with Crippen LogP contribution in [0, 0.1) is 0 Å². The first-order valence-electron chi connectivity index (χ1n) is 5.51. The summed E-state index contributed by atoms with van der Waals surface area (Å²) in [7, 11) is 0. The average molecular weight is 239 g/mol. The van der Waals surface area contributed by atoms with Gasteiger partial charge in [0, 0.05) is 18.7 Å². The van der Waals surface area contributed by atoms with Crippen LogP contribution in [0.25, 0.3) is 0 Å². The molecule has 0 aromatic heterocycles. The van der Waals surface area contributed by atoms with Crippen molar-refractivity contribution in [2.75, 3.05) is 13.2 Å². The first kappa shape index (κ1) is 13.3. The molecular formula is C12H17NO4. The number of para-hydroxylation sites is 1. The molecule has 1 aromatic carbocycles. The number of carboxylic acid groups (broad SMARTS) is 1. The van der Waals surface area contributed by atoms with Crippen LogP contribution in [0.4, 0.5) is 0 Å². The zero-order chi connectivity index (χ0) is 12.7. The van der Waals surface area contributed by atoms with E-state index in [1.165, 1.54) is 0 Å². The highest BCUT2D eigenvalue weighted by Gasteiger charge is 2.07. The molecular weight excluding hydrogens is 222 g/mol. The van der Waals surface area contributed by atoms with Gasteiger partial charge >= 0.3 is 5.97 Å². The Morgan fingerprint density at radius 2 is 2.24 bits per heavy atom. The number of ether oxygens (including phenoxy) is 1. The molecule has 0 unspecified atom stereocenters. The quantitative estimate of drug-likeness (QED) is 0.626. The molecule has 94 valence electrons. The van der Waals surface area contributed by atoms with E-state index in [-0.39, 0.29) is 12.2 Å². The van der Waals surface area contributed by atoms with Crippen molar-refractivity contribution in [1.29, 1.82) is 0 Å². The van der Waals surface area contributed by atoms with Gasteiger partial charge in [0.05, 0.1) is 13.0 Å². The average Bonchev–Trinajstić information content (AvgIpc) is 2.29. The van der Waals surface area contributed by atoms with Crippen LogP contribution >= 0.6 is 0 Å². The van der Waals surface area contributed by atoms with Crippen molar-refractivity contribution in [3.8, 4) is 11.5 Å². The van der Waals surface area contributed by atoms with Crippen LogP contribution < -0.4 is 10.1 Å². The molecule has 17 heavy (non-hydrogen) atoms. The van der Waals surface area contributed by atoms with Gasteiger partial charge in [0.2, 0.25) is 0 Å². The van der Waals surface area contributed by atoms with Crippen molar-refractivity contribution in [1.82, 2.24) is 5.32 Å². The van der Waals surface area contributed by atoms with Crippen molar-refractivity contribution >= 4 is 5.97 Å². The summed E-state index contributed by atoms with van der Waals surface area (Å²) < 4.78 is 5.25. The maximum atomic E-state index is 10.3. The number of carboxylic acids is 1. The van der Waals surface area contributed by atoms with Crippen molar-refractivity contribution in [2.24, 2.45) is 0 Å². The molecule has 0 amide bonds. The van der Waals surface area contributed by atoms with E-state index in [0.717, 1.165) is 0 Å². The molecule has 5 heteroatoms. The number of hydrogen-bond donors (Lipinski definition) is 3. The fraction of sp³-hybridized carbons (Fsp3) is 0.417. The summed E-state index contributed by atoms with van der Waals surface area (Å²) in [6.07, 6.45) is 0.0614. The molecule has 0 aliphatic heterocycles. The van der Waals surface area contributed by atoms with E-state index >= 15 is 0 Å². The molecule has 0 heterocycles. The third-order valence-corrected chi connectivity index (χ3v) is 2.21. The van der Waals surface area contributed by atoms with Gasteiger partial charge in [0.25, 0.3) is 0 Å². The molecule has 0 saturated heterocycles. The Hall–Kier alpha value is -1.75. The number of benzene rings is 1. The lowest BCUT2D eigenvalue weighted by Gasteiger charge is -2.10. The fourth-order valence-electron chi connectivity index (χ4n) is 1.40. The van der Waals surface area contributed by atoms with Crippen LogP contribution in [0.15, 0.2) is 18.2 Å². The Bertz CT molecular complexity index is 379. The predicted molar refractivity (Wildman–Crippen MR) is 63.2 cm³/mol. The highest BCUT2D eigenvalue weighted by atomic mass is 16.5. The normalized spacial score (nSPS) is 10.2. The Morgan fingerprint density at radius 3 is 2.88 bits per heavy atom. The first-order chi connectivity index (χ1) is 8.15. The van der Waals surface area contributed by atoms with Crippen LogP contribution in [0.5, 0.6) is 11.5 Å². The second-order valence-electron chi connectivity index (χ2n) is 3.52. The summed E-state index contributed by atoms with van der Waals surface area (Å²) in [5, 5.41) is 21.3. The van der Waals surface area contributed by atoms with Gasteiger partial charge in [-0.05, 0) is 13.0 Å². The topological polar surface area (TPSA) is 78.8 Å². The van der Waals surface area contributed by atoms with E-state index < -0.39 is 5.97 Å². The smallest absolute Gasteiger partial charge is 0.304 e. The van der Waals surface area contributed by atoms with E-state index in [0.29, 0.717) is 31.0 Å². The lowest BCUT2D eigenvalue weighted by molar-refractivity contribution is -0.136. The Balaban J connectivity index is 2.53. The number of hydrogen-bond acceptors (Lipinski definition) is 4. The lowest BCUT2D eigenvalue weighted by atomic mass is 10.2. The van der Waals surface area contributed by atoms with E-state index in [9.17, 15) is 9.90 Å². The third-order valence-electron chi connectivity index (χ3n) is 2.21. The highest BCUT2D eigenvalue weighted by Crippen LogP contribution is 2.29. The Labute approximate surface area is 100 Å². The molecule has 1 aromatic rings. The summed E-state index contributed by atoms with van der Waals surface area (Å²) in [5.74, 6) is -0.285. The monoisotopic (exact) mass is 239 g/mol.